The minimum Gasteiger partial charge on any atom is -0.294 e. The van der Waals surface area contributed by atoms with Crippen molar-refractivity contribution >= 4 is 22.7 Å². The predicted molar refractivity (Wildman–Crippen MR) is 77.5 cm³/mol. The van der Waals surface area contributed by atoms with E-state index in [1.54, 1.807) is 0 Å². The Morgan fingerprint density at radius 2 is 2.11 bits per heavy atom. The van der Waals surface area contributed by atoms with Crippen LogP contribution < -0.4 is 11.3 Å². The third-order valence-electron chi connectivity index (χ3n) is 3.66. The summed E-state index contributed by atoms with van der Waals surface area (Å²) >= 11 is 1.48. The van der Waals surface area contributed by atoms with E-state index in [1.807, 2.05) is 6.26 Å². The van der Waals surface area contributed by atoms with E-state index >= 15 is 0 Å². The van der Waals surface area contributed by atoms with Gasteiger partial charge in [0.15, 0.2) is 0 Å². The Bertz CT molecular complexity index is 348. The van der Waals surface area contributed by atoms with Crippen LogP contribution in [0.2, 0.25) is 0 Å². The second-order valence-corrected chi connectivity index (χ2v) is 5.56. The molecule has 1 amide bonds. The molecule has 0 aromatic rings. The maximum absolute atomic E-state index is 11.1. The Morgan fingerprint density at radius 1 is 1.44 bits per heavy atom. The normalized spacial score (nSPS) is 16.8. The summed E-state index contributed by atoms with van der Waals surface area (Å²) in [5.74, 6) is 5.59. The number of thioether (sulfide) groups is 1. The highest BCUT2D eigenvalue weighted by Gasteiger charge is 2.22. The standard InChI is InChI=1S/C13H23N3OS/c1-9(10-5-3-6-10)11(13(14)18-2)7-4-8-12(17)16-15/h10,14H,3-8,15H2,1-2H3,(H,16,17). The van der Waals surface area contributed by atoms with Gasteiger partial charge in [0.05, 0.1) is 5.04 Å². The molecule has 0 aromatic heterocycles. The Morgan fingerprint density at radius 3 is 2.56 bits per heavy atom. The maximum atomic E-state index is 11.1. The zero-order valence-corrected chi connectivity index (χ0v) is 12.0. The van der Waals surface area contributed by atoms with Crippen LogP contribution >= 0.6 is 11.8 Å². The van der Waals surface area contributed by atoms with Crippen LogP contribution in [0.5, 0.6) is 0 Å². The Kier molecular flexibility index (Phi) is 6.43. The van der Waals surface area contributed by atoms with Crippen molar-refractivity contribution in [1.29, 1.82) is 5.41 Å². The van der Waals surface area contributed by atoms with Gasteiger partial charge in [0.1, 0.15) is 0 Å². The van der Waals surface area contributed by atoms with Gasteiger partial charge in [0.25, 0.3) is 0 Å². The summed E-state index contributed by atoms with van der Waals surface area (Å²) in [6.45, 7) is 2.15. The molecule has 1 fully saturated rings. The summed E-state index contributed by atoms with van der Waals surface area (Å²) < 4.78 is 0. The fraction of sp³-hybridized carbons (Fsp3) is 0.692. The average molecular weight is 269 g/mol. The second kappa shape index (κ2) is 7.59. The molecule has 5 heteroatoms. The Labute approximate surface area is 113 Å². The molecule has 0 spiro atoms. The highest BCUT2D eigenvalue weighted by molar-refractivity contribution is 8.13. The summed E-state index contributed by atoms with van der Waals surface area (Å²) in [7, 11) is 0. The summed E-state index contributed by atoms with van der Waals surface area (Å²) in [6.07, 6.45) is 7.72. The molecule has 0 aromatic carbocycles. The number of rotatable bonds is 6. The van der Waals surface area contributed by atoms with E-state index in [9.17, 15) is 4.79 Å². The summed E-state index contributed by atoms with van der Waals surface area (Å²) in [4.78, 5) is 11.1. The lowest BCUT2D eigenvalue weighted by Crippen LogP contribution is -2.29. The molecule has 1 aliphatic rings. The summed E-state index contributed by atoms with van der Waals surface area (Å²) in [6, 6.07) is 0. The molecule has 4 N–H and O–H groups in total. The topological polar surface area (TPSA) is 79.0 Å². The Balaban J connectivity index is 2.61. The van der Waals surface area contributed by atoms with Crippen LogP contribution in [0.4, 0.5) is 0 Å². The zero-order chi connectivity index (χ0) is 13.5. The predicted octanol–water partition coefficient (Wildman–Crippen LogP) is 2.60. The van der Waals surface area contributed by atoms with Gasteiger partial charge in [0.2, 0.25) is 5.91 Å². The molecule has 0 radical (unpaired) electrons. The molecule has 1 rings (SSSR count). The SMILES string of the molecule is CSC(=N)C(CCCC(=O)NN)=C(C)C1CCC1. The van der Waals surface area contributed by atoms with E-state index in [0.717, 1.165) is 18.4 Å². The minimum absolute atomic E-state index is 0.133. The molecule has 18 heavy (non-hydrogen) atoms. The third-order valence-corrected chi connectivity index (χ3v) is 4.32. The fourth-order valence-electron chi connectivity index (χ4n) is 2.20. The molecule has 4 nitrogen and oxygen atoms in total. The van der Waals surface area contributed by atoms with Gasteiger partial charge in [-0.25, -0.2) is 5.84 Å². The van der Waals surface area contributed by atoms with E-state index in [4.69, 9.17) is 11.3 Å². The third kappa shape index (κ3) is 4.14. The van der Waals surface area contributed by atoms with E-state index in [2.05, 4.69) is 12.3 Å². The molecule has 0 aliphatic heterocycles. The first-order valence-electron chi connectivity index (χ1n) is 6.42. The first kappa shape index (κ1) is 15.2. The summed E-state index contributed by atoms with van der Waals surface area (Å²) in [5.41, 5.74) is 4.63. The largest absolute Gasteiger partial charge is 0.294 e. The van der Waals surface area contributed by atoms with Gasteiger partial charge >= 0.3 is 0 Å². The van der Waals surface area contributed by atoms with Gasteiger partial charge in [0, 0.05) is 6.42 Å². The first-order valence-corrected chi connectivity index (χ1v) is 7.64. The number of hydrogen-bond donors (Lipinski definition) is 3. The van der Waals surface area contributed by atoms with Crippen LogP contribution in [0.15, 0.2) is 11.1 Å². The van der Waals surface area contributed by atoms with E-state index in [0.29, 0.717) is 17.4 Å². The van der Waals surface area contributed by atoms with Crippen molar-refractivity contribution in [1.82, 2.24) is 5.43 Å². The number of amides is 1. The van der Waals surface area contributed by atoms with Crippen LogP contribution in [-0.2, 0) is 4.79 Å². The molecule has 1 saturated carbocycles. The van der Waals surface area contributed by atoms with Crippen LogP contribution in [0, 0.1) is 11.3 Å². The molecular weight excluding hydrogens is 246 g/mol. The van der Waals surface area contributed by atoms with Crippen molar-refractivity contribution in [3.8, 4) is 0 Å². The number of allylic oxidation sites excluding steroid dienone is 1. The molecule has 1 aliphatic carbocycles. The van der Waals surface area contributed by atoms with Gasteiger partial charge in [-0.2, -0.15) is 0 Å². The molecule has 0 heterocycles. The van der Waals surface area contributed by atoms with Crippen molar-refractivity contribution in [2.24, 2.45) is 11.8 Å². The smallest absolute Gasteiger partial charge is 0.233 e. The van der Waals surface area contributed by atoms with Crippen molar-refractivity contribution in [2.45, 2.75) is 45.4 Å². The van der Waals surface area contributed by atoms with E-state index < -0.39 is 0 Å². The molecule has 102 valence electrons. The van der Waals surface area contributed by atoms with Gasteiger partial charge in [-0.15, -0.1) is 11.8 Å². The minimum atomic E-state index is -0.133. The van der Waals surface area contributed by atoms with E-state index in [1.165, 1.54) is 36.6 Å². The maximum Gasteiger partial charge on any atom is 0.233 e. The van der Waals surface area contributed by atoms with Gasteiger partial charge < -0.3 is 0 Å². The number of nitrogens with two attached hydrogens (primary N) is 1. The van der Waals surface area contributed by atoms with Crippen molar-refractivity contribution in [3.63, 3.8) is 0 Å². The molecule has 0 atom stereocenters. The molecule has 0 unspecified atom stereocenters. The number of nitrogens with one attached hydrogen (secondary N) is 2. The van der Waals surface area contributed by atoms with Crippen LogP contribution in [-0.4, -0.2) is 17.2 Å². The van der Waals surface area contributed by atoms with E-state index in [-0.39, 0.29) is 5.91 Å². The van der Waals surface area contributed by atoms with Gasteiger partial charge in [-0.3, -0.25) is 15.6 Å². The second-order valence-electron chi connectivity index (χ2n) is 4.74. The zero-order valence-electron chi connectivity index (χ0n) is 11.2. The molecule has 0 saturated heterocycles. The highest BCUT2D eigenvalue weighted by atomic mass is 32.2. The molecular formula is C13H23N3OS. The lowest BCUT2D eigenvalue weighted by molar-refractivity contribution is -0.121. The van der Waals surface area contributed by atoms with Gasteiger partial charge in [-0.1, -0.05) is 12.0 Å². The number of hydrogen-bond acceptors (Lipinski definition) is 4. The van der Waals surface area contributed by atoms with Crippen LogP contribution in [0.1, 0.15) is 45.4 Å². The van der Waals surface area contributed by atoms with Crippen LogP contribution in [0.25, 0.3) is 0 Å². The highest BCUT2D eigenvalue weighted by Crippen LogP contribution is 2.36. The number of carbonyl (C=O) groups excluding carboxylic acids is 1. The van der Waals surface area contributed by atoms with Crippen molar-refractivity contribution in [3.05, 3.63) is 11.1 Å². The molecule has 0 bridgehead atoms. The lowest BCUT2D eigenvalue weighted by atomic mass is 9.78. The van der Waals surface area contributed by atoms with Crippen molar-refractivity contribution in [2.75, 3.05) is 6.26 Å². The van der Waals surface area contributed by atoms with Crippen molar-refractivity contribution < 1.29 is 4.79 Å². The Hall–Kier alpha value is -0.810. The number of hydrazine groups is 1. The first-order chi connectivity index (χ1) is 8.60. The number of carbonyl (C=O) groups is 1. The lowest BCUT2D eigenvalue weighted by Gasteiger charge is -2.28. The monoisotopic (exact) mass is 269 g/mol. The average Bonchev–Trinajstić information content (AvgIpc) is 2.31. The van der Waals surface area contributed by atoms with Crippen LogP contribution in [0.3, 0.4) is 0 Å². The van der Waals surface area contributed by atoms with Gasteiger partial charge in [-0.05, 0) is 50.4 Å². The summed E-state index contributed by atoms with van der Waals surface area (Å²) in [5, 5.41) is 8.67. The fourth-order valence-corrected chi connectivity index (χ4v) is 2.71. The quantitative estimate of drug-likeness (QED) is 0.228.